The first-order valence-corrected chi connectivity index (χ1v) is 8.04. The van der Waals surface area contributed by atoms with E-state index in [0.29, 0.717) is 29.1 Å². The summed E-state index contributed by atoms with van der Waals surface area (Å²) in [5.41, 5.74) is 2.29. The van der Waals surface area contributed by atoms with Gasteiger partial charge in [-0.1, -0.05) is 30.3 Å². The lowest BCUT2D eigenvalue weighted by Gasteiger charge is -2.13. The molecule has 2 aliphatic heterocycles. The molecule has 0 radical (unpaired) electrons. The van der Waals surface area contributed by atoms with Crippen molar-refractivity contribution in [2.24, 2.45) is 0 Å². The third-order valence-electron chi connectivity index (χ3n) is 4.24. The van der Waals surface area contributed by atoms with Gasteiger partial charge in [0.25, 0.3) is 5.69 Å². The van der Waals surface area contributed by atoms with Gasteiger partial charge in [0.2, 0.25) is 0 Å². The predicted octanol–water partition coefficient (Wildman–Crippen LogP) is 4.17. The van der Waals surface area contributed by atoms with E-state index in [1.165, 1.54) is 12.1 Å². The monoisotopic (exact) mass is 346 g/mol. The Balaban J connectivity index is 1.85. The number of nitro groups is 1. The van der Waals surface area contributed by atoms with Crippen molar-refractivity contribution >= 4 is 5.69 Å². The molecule has 0 fully saturated rings. The van der Waals surface area contributed by atoms with Gasteiger partial charge in [-0.2, -0.15) is 0 Å². The number of non-ortho nitro benzene ring substituents is 1. The van der Waals surface area contributed by atoms with E-state index in [4.69, 9.17) is 4.42 Å². The molecule has 0 N–H and O–H groups in total. The van der Waals surface area contributed by atoms with Gasteiger partial charge in [0.05, 0.1) is 16.2 Å². The summed E-state index contributed by atoms with van der Waals surface area (Å²) in [6, 6.07) is 19.4. The zero-order valence-corrected chi connectivity index (χ0v) is 13.7. The summed E-state index contributed by atoms with van der Waals surface area (Å²) in [5.74, 6) is 0.488. The normalized spacial score (nSPS) is 10.9. The third kappa shape index (κ3) is 2.77. The maximum Gasteiger partial charge on any atom is 0.346 e. The van der Waals surface area contributed by atoms with Crippen LogP contribution in [0.3, 0.4) is 0 Å². The van der Waals surface area contributed by atoms with Gasteiger partial charge < -0.3 is 8.98 Å². The molecule has 0 amide bonds. The summed E-state index contributed by atoms with van der Waals surface area (Å²) in [7, 11) is 0. The van der Waals surface area contributed by atoms with Crippen molar-refractivity contribution < 1.29 is 9.34 Å². The third-order valence-corrected chi connectivity index (χ3v) is 4.24. The summed E-state index contributed by atoms with van der Waals surface area (Å²) in [6.07, 6.45) is 1.89. The van der Waals surface area contributed by atoms with Gasteiger partial charge >= 0.3 is 5.63 Å². The molecule has 2 aromatic carbocycles. The summed E-state index contributed by atoms with van der Waals surface area (Å²) >= 11 is 0. The molecule has 128 valence electrons. The summed E-state index contributed by atoms with van der Waals surface area (Å²) in [4.78, 5) is 22.8. The molecule has 2 aromatic rings. The van der Waals surface area contributed by atoms with Crippen LogP contribution >= 0.6 is 0 Å². The first-order chi connectivity index (χ1) is 12.6. The van der Waals surface area contributed by atoms with Crippen molar-refractivity contribution in [2.75, 3.05) is 0 Å². The fourth-order valence-corrected chi connectivity index (χ4v) is 3.04. The molecule has 6 nitrogen and oxygen atoms in total. The van der Waals surface area contributed by atoms with E-state index in [9.17, 15) is 14.9 Å². The average molecular weight is 346 g/mol. The topological polar surface area (TPSA) is 78.3 Å². The molecule has 0 unspecified atom stereocenters. The van der Waals surface area contributed by atoms with Crippen LogP contribution in [-0.4, -0.2) is 9.49 Å². The molecular weight excluding hydrogens is 332 g/mol. The number of nitrogens with zero attached hydrogens (tertiary/aromatic N) is 2. The minimum atomic E-state index is -0.467. The first kappa shape index (κ1) is 15.8. The van der Waals surface area contributed by atoms with Crippen LogP contribution in [0.4, 0.5) is 5.69 Å². The summed E-state index contributed by atoms with van der Waals surface area (Å²) < 4.78 is 7.35. The number of rotatable bonds is 4. The number of aromatic nitrogens is 1. The van der Waals surface area contributed by atoms with Crippen molar-refractivity contribution in [3.8, 4) is 22.6 Å². The van der Waals surface area contributed by atoms with Crippen LogP contribution in [0.2, 0.25) is 0 Å². The van der Waals surface area contributed by atoms with Gasteiger partial charge in [-0.3, -0.25) is 10.1 Å². The van der Waals surface area contributed by atoms with E-state index in [-0.39, 0.29) is 5.69 Å². The Labute approximate surface area is 148 Å². The highest BCUT2D eigenvalue weighted by Crippen LogP contribution is 2.33. The molecule has 26 heavy (non-hydrogen) atoms. The molecule has 0 aromatic heterocycles. The molecule has 0 aliphatic carbocycles. The molecule has 0 spiro atoms. The smallest absolute Gasteiger partial charge is 0.346 e. The van der Waals surface area contributed by atoms with E-state index in [2.05, 4.69) is 0 Å². The van der Waals surface area contributed by atoms with Crippen molar-refractivity contribution in [1.29, 1.82) is 0 Å². The van der Waals surface area contributed by atoms with Gasteiger partial charge in [-0.25, -0.2) is 4.79 Å². The summed E-state index contributed by atoms with van der Waals surface area (Å²) in [5, 5.41) is 10.9. The lowest BCUT2D eigenvalue weighted by atomic mass is 10.0. The second-order valence-electron chi connectivity index (χ2n) is 5.90. The molecule has 0 atom stereocenters. The van der Waals surface area contributed by atoms with Crippen LogP contribution < -0.4 is 5.63 Å². The van der Waals surface area contributed by atoms with Crippen LogP contribution in [0.5, 0.6) is 0 Å². The second kappa shape index (κ2) is 6.33. The number of fused-ring (bicyclic) bond motifs is 1. The Hall–Kier alpha value is -3.67. The second-order valence-corrected chi connectivity index (χ2v) is 5.90. The fourth-order valence-electron chi connectivity index (χ4n) is 3.04. The zero-order valence-electron chi connectivity index (χ0n) is 13.7. The molecule has 0 saturated heterocycles. The molecule has 2 heterocycles. The van der Waals surface area contributed by atoms with Crippen LogP contribution in [-0.2, 0) is 6.54 Å². The van der Waals surface area contributed by atoms with Crippen LogP contribution in [0, 0.1) is 10.1 Å². The molecule has 0 bridgehead atoms. The SMILES string of the molecule is O=c1oc2cccn(Cc3ccccc3)c-2c1-c1ccc([N+](=O)[O-])cc1. The van der Waals surface area contributed by atoms with Gasteiger partial charge in [-0.15, -0.1) is 0 Å². The van der Waals surface area contributed by atoms with E-state index < -0.39 is 10.5 Å². The van der Waals surface area contributed by atoms with Crippen molar-refractivity contribution in [1.82, 2.24) is 4.57 Å². The zero-order chi connectivity index (χ0) is 18.1. The van der Waals surface area contributed by atoms with E-state index in [0.717, 1.165) is 5.56 Å². The van der Waals surface area contributed by atoms with Crippen LogP contribution in [0.15, 0.2) is 82.1 Å². The van der Waals surface area contributed by atoms with Crippen molar-refractivity contribution in [2.45, 2.75) is 6.54 Å². The maximum absolute atomic E-state index is 12.4. The number of pyridine rings is 1. The van der Waals surface area contributed by atoms with E-state index in [1.54, 1.807) is 18.2 Å². The quantitative estimate of drug-likeness (QED) is 0.410. The minimum Gasteiger partial charge on any atom is -0.421 e. The van der Waals surface area contributed by atoms with E-state index in [1.807, 2.05) is 47.2 Å². The maximum atomic E-state index is 12.4. The molecular formula is C20H14N2O4. The Kier molecular flexibility index (Phi) is 3.85. The number of hydrogen-bond acceptors (Lipinski definition) is 4. The molecule has 6 heteroatoms. The number of benzene rings is 2. The van der Waals surface area contributed by atoms with Crippen LogP contribution in [0.1, 0.15) is 5.56 Å². The van der Waals surface area contributed by atoms with Gasteiger partial charge in [0.15, 0.2) is 5.76 Å². The molecule has 2 aliphatic rings. The van der Waals surface area contributed by atoms with Gasteiger partial charge in [0, 0.05) is 24.9 Å². The van der Waals surface area contributed by atoms with Gasteiger partial charge in [-0.05, 0) is 35.4 Å². The predicted molar refractivity (Wildman–Crippen MR) is 97.2 cm³/mol. The Bertz CT molecular complexity index is 1090. The van der Waals surface area contributed by atoms with Crippen molar-refractivity contribution in [3.05, 3.63) is 99.0 Å². The Morgan fingerprint density at radius 3 is 2.38 bits per heavy atom. The largest absolute Gasteiger partial charge is 0.421 e. The van der Waals surface area contributed by atoms with Gasteiger partial charge in [0.1, 0.15) is 0 Å². The van der Waals surface area contributed by atoms with E-state index >= 15 is 0 Å². The lowest BCUT2D eigenvalue weighted by molar-refractivity contribution is -0.384. The molecule has 4 rings (SSSR count). The lowest BCUT2D eigenvalue weighted by Crippen LogP contribution is -2.06. The standard InChI is InChI=1S/C20H14N2O4/c23-20-18(15-8-10-16(11-9-15)22(24)25)19-17(26-20)7-4-12-21(19)13-14-5-2-1-3-6-14/h1-12H,13H2. The number of furan rings is 1. The van der Waals surface area contributed by atoms with Crippen LogP contribution in [0.25, 0.3) is 22.6 Å². The average Bonchev–Trinajstić information content (AvgIpc) is 2.99. The highest BCUT2D eigenvalue weighted by atomic mass is 16.6. The Morgan fingerprint density at radius 2 is 1.69 bits per heavy atom. The number of nitro benzene ring substituents is 1. The number of hydrogen-bond donors (Lipinski definition) is 0. The summed E-state index contributed by atoms with van der Waals surface area (Å²) in [6.45, 7) is 0.580. The minimum absolute atomic E-state index is 0.0221. The fraction of sp³-hybridized carbons (Fsp3) is 0.0500. The first-order valence-electron chi connectivity index (χ1n) is 8.04. The Morgan fingerprint density at radius 1 is 0.962 bits per heavy atom. The molecule has 0 saturated carbocycles. The highest BCUT2D eigenvalue weighted by molar-refractivity contribution is 5.80. The van der Waals surface area contributed by atoms with Crippen molar-refractivity contribution in [3.63, 3.8) is 0 Å². The highest BCUT2D eigenvalue weighted by Gasteiger charge is 2.22.